The fourth-order valence-electron chi connectivity index (χ4n) is 3.26. The van der Waals surface area contributed by atoms with Crippen LogP contribution in [0.25, 0.3) is 0 Å². The Kier molecular flexibility index (Phi) is 8.45. The molecule has 0 saturated heterocycles. The fourth-order valence-corrected chi connectivity index (χ4v) is 3.26. The highest BCUT2D eigenvalue weighted by molar-refractivity contribution is 5.36. The van der Waals surface area contributed by atoms with Crippen molar-refractivity contribution in [2.24, 2.45) is 0 Å². The third-order valence-electron chi connectivity index (χ3n) is 4.61. The van der Waals surface area contributed by atoms with Gasteiger partial charge >= 0.3 is 0 Å². The molecule has 0 heterocycles. The van der Waals surface area contributed by atoms with Gasteiger partial charge in [-0.1, -0.05) is 54.1 Å². The van der Waals surface area contributed by atoms with Gasteiger partial charge < -0.3 is 10.4 Å². The van der Waals surface area contributed by atoms with Crippen molar-refractivity contribution in [2.75, 3.05) is 13.6 Å². The van der Waals surface area contributed by atoms with Crippen LogP contribution in [0, 0.1) is 11.3 Å². The Morgan fingerprint density at radius 1 is 1.15 bits per heavy atom. The summed E-state index contributed by atoms with van der Waals surface area (Å²) in [6.45, 7) is 1.06. The van der Waals surface area contributed by atoms with E-state index in [1.807, 2.05) is 25.2 Å². The van der Waals surface area contributed by atoms with Gasteiger partial charge in [0.1, 0.15) is 5.75 Å². The fraction of sp³-hybridized carbons (Fsp3) is 0.348. The first kappa shape index (κ1) is 19.8. The summed E-state index contributed by atoms with van der Waals surface area (Å²) in [6.07, 6.45) is 7.12. The van der Waals surface area contributed by atoms with Crippen LogP contribution in [0.5, 0.6) is 5.75 Å². The molecule has 0 saturated carbocycles. The SMILES string of the molecule is CNCCc1ccccc1.N#CCC1=CCCCC1c1cccc(O)c1. The Morgan fingerprint density at radius 2 is 1.96 bits per heavy atom. The topological polar surface area (TPSA) is 56.0 Å². The van der Waals surface area contributed by atoms with E-state index >= 15 is 0 Å². The Balaban J connectivity index is 0.000000209. The number of aromatic hydroxyl groups is 1. The number of nitrogens with zero attached hydrogens (tertiary/aromatic N) is 1. The van der Waals surface area contributed by atoms with E-state index in [0.29, 0.717) is 18.1 Å². The molecule has 0 radical (unpaired) electrons. The molecule has 136 valence electrons. The Hall–Kier alpha value is -2.57. The van der Waals surface area contributed by atoms with Crippen molar-refractivity contribution < 1.29 is 5.11 Å². The van der Waals surface area contributed by atoms with Crippen LogP contribution >= 0.6 is 0 Å². The van der Waals surface area contributed by atoms with Crippen molar-refractivity contribution in [3.63, 3.8) is 0 Å². The van der Waals surface area contributed by atoms with Crippen molar-refractivity contribution in [3.8, 4) is 11.8 Å². The summed E-state index contributed by atoms with van der Waals surface area (Å²) in [4.78, 5) is 0. The zero-order chi connectivity index (χ0) is 18.6. The van der Waals surface area contributed by atoms with Crippen molar-refractivity contribution in [3.05, 3.63) is 77.4 Å². The number of nitrogens with one attached hydrogen (secondary N) is 1. The minimum atomic E-state index is 0.305. The number of allylic oxidation sites excluding steroid dienone is 2. The lowest BCUT2D eigenvalue weighted by molar-refractivity contribution is 0.473. The molecule has 0 spiro atoms. The van der Waals surface area contributed by atoms with Crippen LogP contribution in [-0.4, -0.2) is 18.7 Å². The lowest BCUT2D eigenvalue weighted by Gasteiger charge is -2.23. The lowest BCUT2D eigenvalue weighted by Crippen LogP contribution is -2.09. The van der Waals surface area contributed by atoms with Gasteiger partial charge in [-0.15, -0.1) is 0 Å². The summed E-state index contributed by atoms with van der Waals surface area (Å²) < 4.78 is 0. The van der Waals surface area contributed by atoms with E-state index in [9.17, 15) is 5.11 Å². The monoisotopic (exact) mass is 348 g/mol. The number of rotatable bonds is 5. The maximum Gasteiger partial charge on any atom is 0.115 e. The number of phenols is 1. The summed E-state index contributed by atoms with van der Waals surface area (Å²) in [5.74, 6) is 0.625. The van der Waals surface area contributed by atoms with E-state index in [0.717, 1.165) is 37.8 Å². The van der Waals surface area contributed by atoms with Crippen LogP contribution in [0.2, 0.25) is 0 Å². The van der Waals surface area contributed by atoms with Crippen molar-refractivity contribution >= 4 is 0 Å². The highest BCUT2D eigenvalue weighted by Gasteiger charge is 2.19. The second-order valence-electron chi connectivity index (χ2n) is 6.53. The quantitative estimate of drug-likeness (QED) is 0.752. The molecule has 2 aromatic carbocycles. The first-order valence-electron chi connectivity index (χ1n) is 9.28. The van der Waals surface area contributed by atoms with Crippen molar-refractivity contribution in [1.82, 2.24) is 5.32 Å². The molecule has 1 unspecified atom stereocenters. The molecule has 0 bridgehead atoms. The second kappa shape index (κ2) is 11.1. The van der Waals surface area contributed by atoms with E-state index < -0.39 is 0 Å². The summed E-state index contributed by atoms with van der Waals surface area (Å²) >= 11 is 0. The van der Waals surface area contributed by atoms with E-state index in [-0.39, 0.29) is 0 Å². The molecule has 0 fully saturated rings. The molecule has 0 aromatic heterocycles. The molecule has 0 amide bonds. The van der Waals surface area contributed by atoms with Gasteiger partial charge in [0.05, 0.1) is 12.5 Å². The van der Waals surface area contributed by atoms with Gasteiger partial charge in [-0.25, -0.2) is 0 Å². The largest absolute Gasteiger partial charge is 0.508 e. The number of hydrogen-bond donors (Lipinski definition) is 2. The minimum absolute atomic E-state index is 0.305. The Bertz CT molecular complexity index is 731. The lowest BCUT2D eigenvalue weighted by atomic mass is 9.81. The van der Waals surface area contributed by atoms with Crippen LogP contribution in [0.3, 0.4) is 0 Å². The van der Waals surface area contributed by atoms with Crippen LogP contribution in [0.1, 0.15) is 42.7 Å². The molecule has 26 heavy (non-hydrogen) atoms. The predicted molar refractivity (Wildman–Crippen MR) is 107 cm³/mol. The van der Waals surface area contributed by atoms with E-state index in [2.05, 4.69) is 41.7 Å². The molecule has 2 aromatic rings. The Morgan fingerprint density at radius 3 is 2.65 bits per heavy atom. The smallest absolute Gasteiger partial charge is 0.115 e. The first-order valence-corrected chi connectivity index (χ1v) is 9.28. The average molecular weight is 348 g/mol. The maximum atomic E-state index is 9.48. The number of likely N-dealkylation sites (N-methyl/N-ethyl adjacent to an activating group) is 1. The number of hydrogen-bond acceptors (Lipinski definition) is 3. The van der Waals surface area contributed by atoms with Crippen LogP contribution in [0.4, 0.5) is 0 Å². The van der Waals surface area contributed by atoms with E-state index in [4.69, 9.17) is 5.26 Å². The molecule has 3 rings (SSSR count). The summed E-state index contributed by atoms with van der Waals surface area (Å²) in [7, 11) is 1.98. The number of phenolic OH excluding ortho intramolecular Hbond substituents is 1. The van der Waals surface area contributed by atoms with Crippen molar-refractivity contribution in [2.45, 2.75) is 38.0 Å². The molecule has 1 aliphatic carbocycles. The maximum absolute atomic E-state index is 9.48. The molecule has 1 atom stereocenters. The summed E-state index contributed by atoms with van der Waals surface area (Å²) in [6, 6.07) is 20.1. The Labute approximate surface area is 157 Å². The second-order valence-corrected chi connectivity index (χ2v) is 6.53. The van der Waals surface area contributed by atoms with Gasteiger partial charge in [0.25, 0.3) is 0 Å². The molecule has 3 heteroatoms. The summed E-state index contributed by atoms with van der Waals surface area (Å²) in [5.41, 5.74) is 3.73. The standard InChI is InChI=1S/C14H15NO.C9H13N/c15-9-8-11-4-1-2-7-14(11)12-5-3-6-13(16)10-12;1-10-8-7-9-5-3-2-4-6-9/h3-6,10,14,16H,1-2,7-8H2;2-6,10H,7-8H2,1H3. The van der Waals surface area contributed by atoms with Crippen LogP contribution < -0.4 is 5.32 Å². The van der Waals surface area contributed by atoms with Gasteiger partial charge in [0.2, 0.25) is 0 Å². The molecule has 3 nitrogen and oxygen atoms in total. The molecular formula is C23H28N2O. The van der Waals surface area contributed by atoms with E-state index in [1.165, 1.54) is 11.1 Å². The van der Waals surface area contributed by atoms with Gasteiger partial charge in [0, 0.05) is 5.92 Å². The molecular weight excluding hydrogens is 320 g/mol. The number of nitriles is 1. The first-order chi connectivity index (χ1) is 12.7. The van der Waals surface area contributed by atoms with Crippen LogP contribution in [-0.2, 0) is 6.42 Å². The number of benzene rings is 2. The molecule has 2 N–H and O–H groups in total. The van der Waals surface area contributed by atoms with Gasteiger partial charge in [-0.3, -0.25) is 0 Å². The zero-order valence-corrected chi connectivity index (χ0v) is 15.5. The predicted octanol–water partition coefficient (Wildman–Crippen LogP) is 4.95. The minimum Gasteiger partial charge on any atom is -0.508 e. The molecule has 1 aliphatic rings. The van der Waals surface area contributed by atoms with Gasteiger partial charge in [0.15, 0.2) is 0 Å². The van der Waals surface area contributed by atoms with E-state index in [1.54, 1.807) is 12.1 Å². The highest BCUT2D eigenvalue weighted by atomic mass is 16.3. The third kappa shape index (κ3) is 6.38. The van der Waals surface area contributed by atoms with Gasteiger partial charge in [-0.2, -0.15) is 5.26 Å². The third-order valence-corrected chi connectivity index (χ3v) is 4.61. The summed E-state index contributed by atoms with van der Waals surface area (Å²) in [5, 5.41) is 21.4. The van der Waals surface area contributed by atoms with Gasteiger partial charge in [-0.05, 0) is 62.5 Å². The average Bonchev–Trinajstić information content (AvgIpc) is 2.68. The zero-order valence-electron chi connectivity index (χ0n) is 15.5. The van der Waals surface area contributed by atoms with Crippen molar-refractivity contribution in [1.29, 1.82) is 5.26 Å². The highest BCUT2D eigenvalue weighted by Crippen LogP contribution is 2.36. The molecule has 0 aliphatic heterocycles. The van der Waals surface area contributed by atoms with Crippen LogP contribution in [0.15, 0.2) is 66.2 Å². The normalized spacial score (nSPS) is 16.0.